The van der Waals surface area contributed by atoms with Gasteiger partial charge in [0.25, 0.3) is 0 Å². The molecule has 0 aliphatic rings. The quantitative estimate of drug-likeness (QED) is 0.744. The third-order valence-corrected chi connectivity index (χ3v) is 3.25. The van der Waals surface area contributed by atoms with Crippen LogP contribution in [-0.2, 0) is 6.54 Å². The monoisotopic (exact) mass is 286 g/mol. The molecule has 5 heteroatoms. The van der Waals surface area contributed by atoms with Crippen LogP contribution in [0.3, 0.4) is 0 Å². The average Bonchev–Trinajstić information content (AvgIpc) is 2.39. The molecule has 108 valence electrons. The number of nitrogens with one attached hydrogen (secondary N) is 1. The lowest BCUT2D eigenvalue weighted by Crippen LogP contribution is -2.21. The summed E-state index contributed by atoms with van der Waals surface area (Å²) in [7, 11) is 7.35. The number of rotatable bonds is 8. The van der Waals surface area contributed by atoms with Crippen molar-refractivity contribution >= 4 is 11.6 Å². The Morgan fingerprint density at radius 3 is 2.53 bits per heavy atom. The first kappa shape index (κ1) is 16.1. The van der Waals surface area contributed by atoms with Gasteiger partial charge in [-0.15, -0.1) is 0 Å². The van der Waals surface area contributed by atoms with Crippen LogP contribution in [0.2, 0.25) is 5.02 Å². The zero-order valence-electron chi connectivity index (χ0n) is 12.1. The van der Waals surface area contributed by atoms with Gasteiger partial charge in [-0.25, -0.2) is 0 Å². The van der Waals surface area contributed by atoms with Crippen molar-refractivity contribution in [1.82, 2.24) is 10.2 Å². The minimum absolute atomic E-state index is 0.594. The molecule has 0 fully saturated rings. The number of benzene rings is 1. The SMILES string of the molecule is COc1ccc(CNCCCN(C)C)c(Cl)c1OC. The summed E-state index contributed by atoms with van der Waals surface area (Å²) < 4.78 is 10.5. The minimum Gasteiger partial charge on any atom is -0.493 e. The molecule has 0 aliphatic heterocycles. The molecule has 1 aromatic carbocycles. The summed E-state index contributed by atoms with van der Waals surface area (Å²) in [5, 5.41) is 3.99. The fourth-order valence-corrected chi connectivity index (χ4v) is 2.11. The van der Waals surface area contributed by atoms with Crippen molar-refractivity contribution in [2.75, 3.05) is 41.4 Å². The molecule has 0 heterocycles. The van der Waals surface area contributed by atoms with E-state index < -0.39 is 0 Å². The van der Waals surface area contributed by atoms with Crippen molar-refractivity contribution in [3.63, 3.8) is 0 Å². The molecule has 4 nitrogen and oxygen atoms in total. The molecule has 0 atom stereocenters. The van der Waals surface area contributed by atoms with Crippen molar-refractivity contribution in [2.24, 2.45) is 0 Å². The lowest BCUT2D eigenvalue weighted by Gasteiger charge is -2.14. The second kappa shape index (κ2) is 8.25. The van der Waals surface area contributed by atoms with Gasteiger partial charge in [0, 0.05) is 6.54 Å². The second-order valence-electron chi connectivity index (χ2n) is 4.61. The molecule has 1 aromatic rings. The maximum absolute atomic E-state index is 6.30. The number of methoxy groups -OCH3 is 2. The lowest BCUT2D eigenvalue weighted by atomic mass is 10.2. The highest BCUT2D eigenvalue weighted by molar-refractivity contribution is 6.33. The Kier molecular flexibility index (Phi) is 6.99. The maximum Gasteiger partial charge on any atom is 0.179 e. The molecule has 0 unspecified atom stereocenters. The zero-order chi connectivity index (χ0) is 14.3. The first-order valence-corrected chi connectivity index (χ1v) is 6.72. The van der Waals surface area contributed by atoms with Crippen molar-refractivity contribution in [3.8, 4) is 11.5 Å². The van der Waals surface area contributed by atoms with Gasteiger partial charge >= 0.3 is 0 Å². The van der Waals surface area contributed by atoms with Crippen molar-refractivity contribution in [1.29, 1.82) is 0 Å². The summed E-state index contributed by atoms with van der Waals surface area (Å²) >= 11 is 6.30. The number of nitrogens with zero attached hydrogens (tertiary/aromatic N) is 1. The largest absolute Gasteiger partial charge is 0.493 e. The van der Waals surface area contributed by atoms with E-state index in [9.17, 15) is 0 Å². The van der Waals surface area contributed by atoms with Crippen molar-refractivity contribution in [2.45, 2.75) is 13.0 Å². The highest BCUT2D eigenvalue weighted by Gasteiger charge is 2.12. The number of halogens is 1. The maximum atomic E-state index is 6.30. The minimum atomic E-state index is 0.594. The van der Waals surface area contributed by atoms with Gasteiger partial charge in [0.05, 0.1) is 19.2 Å². The first-order chi connectivity index (χ1) is 9.10. The summed E-state index contributed by atoms with van der Waals surface area (Å²) in [6.07, 6.45) is 1.11. The molecular weight excluding hydrogens is 264 g/mol. The summed E-state index contributed by atoms with van der Waals surface area (Å²) in [6, 6.07) is 3.84. The predicted octanol–water partition coefficient (Wildman–Crippen LogP) is 2.40. The van der Waals surface area contributed by atoms with Crippen LogP contribution in [0, 0.1) is 0 Å². The zero-order valence-corrected chi connectivity index (χ0v) is 12.9. The molecule has 0 amide bonds. The molecule has 0 radical (unpaired) electrons. The fourth-order valence-electron chi connectivity index (χ4n) is 1.81. The van der Waals surface area contributed by atoms with Crippen LogP contribution in [0.5, 0.6) is 11.5 Å². The van der Waals surface area contributed by atoms with E-state index in [1.807, 2.05) is 12.1 Å². The van der Waals surface area contributed by atoms with Gasteiger partial charge < -0.3 is 19.7 Å². The summed E-state index contributed by atoms with van der Waals surface area (Å²) in [6.45, 7) is 2.77. The smallest absolute Gasteiger partial charge is 0.179 e. The normalized spacial score (nSPS) is 10.8. The molecule has 0 aliphatic carbocycles. The Hall–Kier alpha value is -0.970. The fraction of sp³-hybridized carbons (Fsp3) is 0.571. The highest BCUT2D eigenvalue weighted by Crippen LogP contribution is 2.37. The molecule has 0 saturated carbocycles. The van der Waals surface area contributed by atoms with Gasteiger partial charge in [-0.2, -0.15) is 0 Å². The molecule has 0 bridgehead atoms. The van der Waals surface area contributed by atoms with Crippen LogP contribution in [0.15, 0.2) is 12.1 Å². The van der Waals surface area contributed by atoms with Crippen LogP contribution in [0.1, 0.15) is 12.0 Å². The molecule has 0 spiro atoms. The topological polar surface area (TPSA) is 33.7 Å². The van der Waals surface area contributed by atoms with E-state index >= 15 is 0 Å². The van der Waals surface area contributed by atoms with Crippen LogP contribution in [0.4, 0.5) is 0 Å². The summed E-state index contributed by atoms with van der Waals surface area (Å²) in [5.74, 6) is 1.25. The molecule has 1 N–H and O–H groups in total. The molecule has 0 aromatic heterocycles. The second-order valence-corrected chi connectivity index (χ2v) is 4.99. The van der Waals surface area contributed by atoms with Gasteiger partial charge in [0.15, 0.2) is 11.5 Å². The average molecular weight is 287 g/mol. The van der Waals surface area contributed by atoms with Gasteiger partial charge in [-0.1, -0.05) is 17.7 Å². The van der Waals surface area contributed by atoms with E-state index in [0.717, 1.165) is 31.6 Å². The summed E-state index contributed by atoms with van der Waals surface area (Å²) in [5.41, 5.74) is 1.02. The van der Waals surface area contributed by atoms with Gasteiger partial charge in [0.1, 0.15) is 0 Å². The molecule has 0 saturated heterocycles. The van der Waals surface area contributed by atoms with E-state index in [4.69, 9.17) is 21.1 Å². The Morgan fingerprint density at radius 2 is 1.95 bits per heavy atom. The van der Waals surface area contributed by atoms with E-state index in [1.165, 1.54) is 0 Å². The predicted molar refractivity (Wildman–Crippen MR) is 79.4 cm³/mol. The molecule has 19 heavy (non-hydrogen) atoms. The van der Waals surface area contributed by atoms with E-state index in [0.29, 0.717) is 16.5 Å². The number of hydrogen-bond donors (Lipinski definition) is 1. The molecule has 1 rings (SSSR count). The third kappa shape index (κ3) is 4.90. The number of hydrogen-bond acceptors (Lipinski definition) is 4. The van der Waals surface area contributed by atoms with E-state index in [-0.39, 0.29) is 0 Å². The Bertz CT molecular complexity index is 397. The van der Waals surface area contributed by atoms with Crippen molar-refractivity contribution in [3.05, 3.63) is 22.7 Å². The van der Waals surface area contributed by atoms with Gasteiger partial charge in [0.2, 0.25) is 0 Å². The Labute approximate surface area is 120 Å². The Morgan fingerprint density at radius 1 is 1.21 bits per heavy atom. The van der Waals surface area contributed by atoms with Crippen LogP contribution in [-0.4, -0.2) is 46.3 Å². The third-order valence-electron chi connectivity index (χ3n) is 2.84. The van der Waals surface area contributed by atoms with Crippen LogP contribution < -0.4 is 14.8 Å². The van der Waals surface area contributed by atoms with E-state index in [2.05, 4.69) is 24.3 Å². The first-order valence-electron chi connectivity index (χ1n) is 6.35. The highest BCUT2D eigenvalue weighted by atomic mass is 35.5. The van der Waals surface area contributed by atoms with Crippen molar-refractivity contribution < 1.29 is 9.47 Å². The van der Waals surface area contributed by atoms with E-state index in [1.54, 1.807) is 14.2 Å². The molecular formula is C14H23ClN2O2. The number of ether oxygens (including phenoxy) is 2. The van der Waals surface area contributed by atoms with Crippen LogP contribution in [0.25, 0.3) is 0 Å². The van der Waals surface area contributed by atoms with Crippen LogP contribution >= 0.6 is 11.6 Å². The summed E-state index contributed by atoms with van der Waals surface area (Å²) in [4.78, 5) is 2.17. The Balaban J connectivity index is 2.55. The lowest BCUT2D eigenvalue weighted by molar-refractivity contribution is 0.354. The van der Waals surface area contributed by atoms with Gasteiger partial charge in [-0.3, -0.25) is 0 Å². The van der Waals surface area contributed by atoms with Gasteiger partial charge in [-0.05, 0) is 45.2 Å². The standard InChI is InChI=1S/C14H23ClN2O2/c1-17(2)9-5-8-16-10-11-6-7-12(18-3)14(19-4)13(11)15/h6-7,16H,5,8-10H2,1-4H3.